The van der Waals surface area contributed by atoms with Gasteiger partial charge in [0.1, 0.15) is 5.75 Å². The van der Waals surface area contributed by atoms with Crippen molar-refractivity contribution in [1.82, 2.24) is 10.7 Å². The summed E-state index contributed by atoms with van der Waals surface area (Å²) in [7, 11) is 0. The smallest absolute Gasteiger partial charge is 0.259 e. The minimum Gasteiger partial charge on any atom is -0.484 e. The summed E-state index contributed by atoms with van der Waals surface area (Å²) in [5.41, 5.74) is 3.39. The molecule has 0 aliphatic carbocycles. The molecule has 1 heterocycles. The largest absolute Gasteiger partial charge is 0.484 e. The molecule has 2 rings (SSSR count). The summed E-state index contributed by atoms with van der Waals surface area (Å²) in [5.74, 6) is -0.157. The Labute approximate surface area is 138 Å². The number of nitrogens with zero attached hydrogens (tertiary/aromatic N) is 1. The molecule has 0 bridgehead atoms. The fraction of sp³-hybridized carbons (Fsp3) is 0.188. The van der Waals surface area contributed by atoms with Crippen LogP contribution in [0.4, 0.5) is 0 Å². The fourth-order valence-electron chi connectivity index (χ4n) is 1.66. The molecule has 0 aliphatic heterocycles. The van der Waals surface area contributed by atoms with E-state index in [1.54, 1.807) is 12.3 Å². The van der Waals surface area contributed by atoms with E-state index in [0.717, 1.165) is 10.4 Å². The Bertz CT molecular complexity index is 684. The van der Waals surface area contributed by atoms with E-state index in [1.165, 1.54) is 11.3 Å². The first kappa shape index (κ1) is 16.7. The van der Waals surface area contributed by atoms with Gasteiger partial charge >= 0.3 is 0 Å². The quantitative estimate of drug-likeness (QED) is 0.599. The maximum absolute atomic E-state index is 11.6. The molecule has 6 nitrogen and oxygen atoms in total. The van der Waals surface area contributed by atoms with Crippen LogP contribution in [0.5, 0.6) is 5.75 Å². The number of rotatable bonds is 7. The van der Waals surface area contributed by atoms with Crippen molar-refractivity contribution in [2.24, 2.45) is 5.10 Å². The van der Waals surface area contributed by atoms with Crippen LogP contribution in [-0.2, 0) is 9.59 Å². The third-order valence-corrected chi connectivity index (χ3v) is 3.54. The van der Waals surface area contributed by atoms with Crippen molar-refractivity contribution in [3.63, 3.8) is 0 Å². The molecule has 23 heavy (non-hydrogen) atoms. The van der Waals surface area contributed by atoms with Gasteiger partial charge in [0.2, 0.25) is 0 Å². The lowest BCUT2D eigenvalue weighted by molar-refractivity contribution is -0.127. The third-order valence-electron chi connectivity index (χ3n) is 2.73. The van der Waals surface area contributed by atoms with Gasteiger partial charge in [-0.1, -0.05) is 18.2 Å². The van der Waals surface area contributed by atoms with E-state index in [-0.39, 0.29) is 19.1 Å². The van der Waals surface area contributed by atoms with E-state index in [9.17, 15) is 9.59 Å². The summed E-state index contributed by atoms with van der Waals surface area (Å²) in [6, 6.07) is 11.2. The molecule has 1 aromatic heterocycles. The molecule has 0 saturated heterocycles. The second-order valence-electron chi connectivity index (χ2n) is 4.69. The number of thiophene rings is 1. The molecule has 2 amide bonds. The van der Waals surface area contributed by atoms with Crippen LogP contribution in [0, 0.1) is 6.92 Å². The molecular weight excluding hydrogens is 314 g/mol. The Hall–Kier alpha value is -2.67. The Morgan fingerprint density at radius 1 is 1.26 bits per heavy atom. The molecular formula is C16H17N3O3S. The molecule has 0 radical (unpaired) electrons. The minimum atomic E-state index is -0.401. The molecule has 1 aromatic carbocycles. The standard InChI is InChI=1S/C16H17N3O3S/c1-12-4-2-5-13(8-12)22-11-16(21)17-10-15(20)19-18-9-14-6-3-7-23-14/h2-9H,10-11H2,1H3,(H,17,21)(H,19,20). The number of carbonyl (C=O) groups excluding carboxylic acids is 2. The van der Waals surface area contributed by atoms with Gasteiger partial charge in [-0.3, -0.25) is 9.59 Å². The van der Waals surface area contributed by atoms with Crippen molar-refractivity contribution in [3.05, 3.63) is 52.2 Å². The monoisotopic (exact) mass is 331 g/mol. The molecule has 0 fully saturated rings. The van der Waals surface area contributed by atoms with Gasteiger partial charge in [0.15, 0.2) is 6.61 Å². The van der Waals surface area contributed by atoms with Crippen LogP contribution in [0.2, 0.25) is 0 Å². The van der Waals surface area contributed by atoms with Gasteiger partial charge in [-0.15, -0.1) is 11.3 Å². The highest BCUT2D eigenvalue weighted by atomic mass is 32.1. The Kier molecular flexibility index (Phi) is 6.31. The van der Waals surface area contributed by atoms with Gasteiger partial charge < -0.3 is 10.1 Å². The molecule has 2 aromatic rings. The number of hydrogen-bond donors (Lipinski definition) is 2. The molecule has 0 atom stereocenters. The van der Waals surface area contributed by atoms with Gasteiger partial charge in [0.25, 0.3) is 11.8 Å². The normalized spacial score (nSPS) is 10.5. The first-order valence-electron chi connectivity index (χ1n) is 6.95. The Balaban J connectivity index is 1.64. The number of benzene rings is 1. The highest BCUT2D eigenvalue weighted by Gasteiger charge is 2.05. The second-order valence-corrected chi connectivity index (χ2v) is 5.67. The first-order valence-corrected chi connectivity index (χ1v) is 7.83. The van der Waals surface area contributed by atoms with E-state index in [4.69, 9.17) is 4.74 Å². The number of hydrogen-bond acceptors (Lipinski definition) is 5. The van der Waals surface area contributed by atoms with Crippen LogP contribution >= 0.6 is 11.3 Å². The average molecular weight is 331 g/mol. The van der Waals surface area contributed by atoms with E-state index in [0.29, 0.717) is 5.75 Å². The van der Waals surface area contributed by atoms with Crippen LogP contribution in [-0.4, -0.2) is 31.2 Å². The second kappa shape index (κ2) is 8.70. The zero-order chi connectivity index (χ0) is 16.5. The van der Waals surface area contributed by atoms with Crippen molar-refractivity contribution in [2.45, 2.75) is 6.92 Å². The molecule has 120 valence electrons. The summed E-state index contributed by atoms with van der Waals surface area (Å²) in [6.45, 7) is 1.64. The number of nitrogens with one attached hydrogen (secondary N) is 2. The first-order chi connectivity index (χ1) is 11.1. The van der Waals surface area contributed by atoms with Gasteiger partial charge in [-0.25, -0.2) is 5.43 Å². The van der Waals surface area contributed by atoms with E-state index < -0.39 is 5.91 Å². The SMILES string of the molecule is Cc1cccc(OCC(=O)NCC(=O)NN=Cc2cccs2)c1. The molecule has 2 N–H and O–H groups in total. The average Bonchev–Trinajstić information content (AvgIpc) is 3.04. The Morgan fingerprint density at radius 2 is 2.13 bits per heavy atom. The number of carbonyl (C=O) groups is 2. The van der Waals surface area contributed by atoms with E-state index in [2.05, 4.69) is 15.8 Å². The van der Waals surface area contributed by atoms with Crippen molar-refractivity contribution in [3.8, 4) is 5.75 Å². The number of amides is 2. The van der Waals surface area contributed by atoms with Crippen molar-refractivity contribution >= 4 is 29.4 Å². The maximum Gasteiger partial charge on any atom is 0.259 e. The lowest BCUT2D eigenvalue weighted by Gasteiger charge is -2.07. The summed E-state index contributed by atoms with van der Waals surface area (Å²) < 4.78 is 5.34. The van der Waals surface area contributed by atoms with E-state index in [1.807, 2.05) is 42.6 Å². The minimum absolute atomic E-state index is 0.144. The lowest BCUT2D eigenvalue weighted by atomic mass is 10.2. The van der Waals surface area contributed by atoms with Crippen LogP contribution in [0.25, 0.3) is 0 Å². The summed E-state index contributed by atoms with van der Waals surface area (Å²) in [6.07, 6.45) is 1.55. The summed E-state index contributed by atoms with van der Waals surface area (Å²) >= 11 is 1.51. The highest BCUT2D eigenvalue weighted by Crippen LogP contribution is 2.11. The molecule has 0 unspecified atom stereocenters. The zero-order valence-electron chi connectivity index (χ0n) is 12.6. The van der Waals surface area contributed by atoms with Crippen molar-refractivity contribution < 1.29 is 14.3 Å². The topological polar surface area (TPSA) is 79.8 Å². The predicted octanol–water partition coefficient (Wildman–Crippen LogP) is 1.70. The number of ether oxygens (including phenoxy) is 1. The van der Waals surface area contributed by atoms with Gasteiger partial charge in [-0.05, 0) is 36.1 Å². The molecule has 0 saturated carbocycles. The Morgan fingerprint density at radius 3 is 2.87 bits per heavy atom. The number of aryl methyl sites for hydroxylation is 1. The van der Waals surface area contributed by atoms with Crippen LogP contribution in [0.15, 0.2) is 46.9 Å². The highest BCUT2D eigenvalue weighted by molar-refractivity contribution is 7.11. The van der Waals surface area contributed by atoms with E-state index >= 15 is 0 Å². The number of hydrazone groups is 1. The lowest BCUT2D eigenvalue weighted by Crippen LogP contribution is -2.37. The molecule has 7 heteroatoms. The zero-order valence-corrected chi connectivity index (χ0v) is 13.4. The fourth-order valence-corrected chi connectivity index (χ4v) is 2.24. The van der Waals surface area contributed by atoms with Gasteiger partial charge in [0, 0.05) is 4.88 Å². The van der Waals surface area contributed by atoms with Crippen molar-refractivity contribution in [2.75, 3.05) is 13.2 Å². The summed E-state index contributed by atoms with van der Waals surface area (Å²) in [4.78, 5) is 24.1. The van der Waals surface area contributed by atoms with Gasteiger partial charge in [0.05, 0.1) is 12.8 Å². The predicted molar refractivity (Wildman–Crippen MR) is 89.7 cm³/mol. The van der Waals surface area contributed by atoms with Crippen LogP contribution in [0.1, 0.15) is 10.4 Å². The summed E-state index contributed by atoms with van der Waals surface area (Å²) in [5, 5.41) is 8.18. The van der Waals surface area contributed by atoms with Crippen molar-refractivity contribution in [1.29, 1.82) is 0 Å². The van der Waals surface area contributed by atoms with Crippen LogP contribution < -0.4 is 15.5 Å². The van der Waals surface area contributed by atoms with Gasteiger partial charge in [-0.2, -0.15) is 5.10 Å². The molecule has 0 aliphatic rings. The molecule has 0 spiro atoms. The third kappa shape index (κ3) is 6.31. The maximum atomic E-state index is 11.6. The van der Waals surface area contributed by atoms with Crippen LogP contribution in [0.3, 0.4) is 0 Å².